The van der Waals surface area contributed by atoms with E-state index >= 15 is 0 Å². The second-order valence-corrected chi connectivity index (χ2v) is 2.99. The van der Waals surface area contributed by atoms with Crippen molar-refractivity contribution in [3.8, 4) is 6.07 Å². The predicted octanol–water partition coefficient (Wildman–Crippen LogP) is 2.13. The number of pyridine rings is 1. The van der Waals surface area contributed by atoms with Crippen molar-refractivity contribution < 1.29 is 0 Å². The Balaban J connectivity index is 3.04. The van der Waals surface area contributed by atoms with Gasteiger partial charge < -0.3 is 4.90 Å². The normalized spacial score (nSPS) is 9.00. The SMILES string of the molecule is C=CCN(CC=C)c1cnccc1C#N. The molecule has 15 heavy (non-hydrogen) atoms. The molecule has 3 nitrogen and oxygen atoms in total. The summed E-state index contributed by atoms with van der Waals surface area (Å²) in [6.45, 7) is 8.71. The molecule has 0 saturated heterocycles. The van der Waals surface area contributed by atoms with Gasteiger partial charge >= 0.3 is 0 Å². The quantitative estimate of drug-likeness (QED) is 0.682. The maximum atomic E-state index is 8.95. The molecule has 0 bridgehead atoms. The highest BCUT2D eigenvalue weighted by Gasteiger charge is 2.07. The van der Waals surface area contributed by atoms with Crippen LogP contribution < -0.4 is 4.90 Å². The molecule has 0 aliphatic carbocycles. The minimum absolute atomic E-state index is 0.619. The van der Waals surface area contributed by atoms with Gasteiger partial charge in [-0.05, 0) is 6.07 Å². The minimum atomic E-state index is 0.619. The van der Waals surface area contributed by atoms with E-state index in [0.29, 0.717) is 18.7 Å². The summed E-state index contributed by atoms with van der Waals surface area (Å²) in [7, 11) is 0. The van der Waals surface area contributed by atoms with Crippen molar-refractivity contribution in [2.24, 2.45) is 0 Å². The van der Waals surface area contributed by atoms with Crippen LogP contribution in [0.25, 0.3) is 0 Å². The zero-order valence-corrected chi connectivity index (χ0v) is 8.56. The number of nitrogens with zero attached hydrogens (tertiary/aromatic N) is 3. The fourth-order valence-corrected chi connectivity index (χ4v) is 1.32. The van der Waals surface area contributed by atoms with Crippen LogP contribution in [-0.4, -0.2) is 18.1 Å². The van der Waals surface area contributed by atoms with Gasteiger partial charge in [-0.2, -0.15) is 5.26 Å². The van der Waals surface area contributed by atoms with Gasteiger partial charge in [-0.1, -0.05) is 12.2 Å². The smallest absolute Gasteiger partial charge is 0.101 e. The van der Waals surface area contributed by atoms with Crippen LogP contribution in [0, 0.1) is 11.3 Å². The Kier molecular flexibility index (Phi) is 4.11. The van der Waals surface area contributed by atoms with Gasteiger partial charge in [0.2, 0.25) is 0 Å². The minimum Gasteiger partial charge on any atom is -0.362 e. The summed E-state index contributed by atoms with van der Waals surface area (Å²) in [6.07, 6.45) is 6.88. The van der Waals surface area contributed by atoms with Gasteiger partial charge in [-0.15, -0.1) is 13.2 Å². The number of hydrogen-bond acceptors (Lipinski definition) is 3. The first kappa shape index (κ1) is 11.0. The van der Waals surface area contributed by atoms with Crippen LogP contribution in [0.3, 0.4) is 0 Å². The van der Waals surface area contributed by atoms with E-state index in [9.17, 15) is 0 Å². The van der Waals surface area contributed by atoms with Crippen molar-refractivity contribution in [2.75, 3.05) is 18.0 Å². The third kappa shape index (κ3) is 2.68. The van der Waals surface area contributed by atoms with E-state index in [2.05, 4.69) is 24.2 Å². The van der Waals surface area contributed by atoms with Crippen LogP contribution in [-0.2, 0) is 0 Å². The molecule has 0 aliphatic heterocycles. The highest BCUT2D eigenvalue weighted by molar-refractivity contribution is 5.58. The van der Waals surface area contributed by atoms with Crippen molar-refractivity contribution >= 4 is 5.69 Å². The molecule has 0 saturated carbocycles. The topological polar surface area (TPSA) is 39.9 Å². The van der Waals surface area contributed by atoms with E-state index < -0.39 is 0 Å². The van der Waals surface area contributed by atoms with Gasteiger partial charge in [0.15, 0.2) is 0 Å². The van der Waals surface area contributed by atoms with E-state index in [1.54, 1.807) is 30.6 Å². The van der Waals surface area contributed by atoms with Gasteiger partial charge in [0.05, 0.1) is 17.4 Å². The average molecular weight is 199 g/mol. The van der Waals surface area contributed by atoms with Gasteiger partial charge in [0.1, 0.15) is 6.07 Å². The highest BCUT2D eigenvalue weighted by atomic mass is 15.1. The molecule has 0 N–H and O–H groups in total. The van der Waals surface area contributed by atoms with Crippen LogP contribution in [0.4, 0.5) is 5.69 Å². The molecule has 76 valence electrons. The number of rotatable bonds is 5. The van der Waals surface area contributed by atoms with Crippen LogP contribution in [0.15, 0.2) is 43.8 Å². The van der Waals surface area contributed by atoms with Crippen molar-refractivity contribution in [2.45, 2.75) is 0 Å². The lowest BCUT2D eigenvalue weighted by Gasteiger charge is -2.21. The summed E-state index contributed by atoms with van der Waals surface area (Å²) in [5, 5.41) is 8.95. The molecule has 0 unspecified atom stereocenters. The summed E-state index contributed by atoms with van der Waals surface area (Å²) >= 11 is 0. The van der Waals surface area contributed by atoms with Crippen LogP contribution in [0.2, 0.25) is 0 Å². The van der Waals surface area contributed by atoms with Crippen LogP contribution in [0.1, 0.15) is 5.56 Å². The molecule has 1 aromatic rings. The fraction of sp³-hybridized carbons (Fsp3) is 0.167. The number of nitriles is 1. The monoisotopic (exact) mass is 199 g/mol. The van der Waals surface area contributed by atoms with Crippen LogP contribution >= 0.6 is 0 Å². The molecule has 0 aromatic carbocycles. The molecule has 1 rings (SSSR count). The predicted molar refractivity (Wildman–Crippen MR) is 61.6 cm³/mol. The lowest BCUT2D eigenvalue weighted by molar-refractivity contribution is 0.947. The first-order valence-electron chi connectivity index (χ1n) is 4.64. The Morgan fingerprint density at radius 1 is 1.40 bits per heavy atom. The molecule has 1 heterocycles. The summed E-state index contributed by atoms with van der Waals surface area (Å²) in [5.74, 6) is 0. The Labute approximate surface area is 90.0 Å². The lowest BCUT2D eigenvalue weighted by Crippen LogP contribution is -2.24. The Morgan fingerprint density at radius 3 is 2.60 bits per heavy atom. The third-order valence-electron chi connectivity index (χ3n) is 1.96. The van der Waals surface area contributed by atoms with E-state index in [1.807, 2.05) is 4.90 Å². The molecule has 0 fully saturated rings. The molecule has 0 spiro atoms. The highest BCUT2D eigenvalue weighted by Crippen LogP contribution is 2.17. The average Bonchev–Trinajstić information content (AvgIpc) is 2.29. The second-order valence-electron chi connectivity index (χ2n) is 2.99. The summed E-state index contributed by atoms with van der Waals surface area (Å²) in [5.41, 5.74) is 1.44. The molecule has 0 radical (unpaired) electrons. The summed E-state index contributed by atoms with van der Waals surface area (Å²) in [6, 6.07) is 3.85. The second kappa shape index (κ2) is 5.61. The molecular formula is C12H13N3. The van der Waals surface area contributed by atoms with E-state index in [-0.39, 0.29) is 0 Å². The van der Waals surface area contributed by atoms with E-state index in [4.69, 9.17) is 5.26 Å². The van der Waals surface area contributed by atoms with Gasteiger partial charge in [0.25, 0.3) is 0 Å². The molecule has 0 amide bonds. The number of hydrogen-bond donors (Lipinski definition) is 0. The molecule has 3 heteroatoms. The Hall–Kier alpha value is -2.08. The fourth-order valence-electron chi connectivity index (χ4n) is 1.32. The van der Waals surface area contributed by atoms with Crippen molar-refractivity contribution in [3.05, 3.63) is 49.3 Å². The van der Waals surface area contributed by atoms with Gasteiger partial charge in [-0.3, -0.25) is 4.98 Å². The maximum absolute atomic E-state index is 8.95. The van der Waals surface area contributed by atoms with Crippen molar-refractivity contribution in [3.63, 3.8) is 0 Å². The van der Waals surface area contributed by atoms with Gasteiger partial charge in [0, 0.05) is 19.3 Å². The maximum Gasteiger partial charge on any atom is 0.101 e. The van der Waals surface area contributed by atoms with Crippen molar-refractivity contribution in [1.29, 1.82) is 5.26 Å². The molecule has 0 atom stereocenters. The zero-order chi connectivity index (χ0) is 11.1. The molecule has 0 aliphatic rings. The molecular weight excluding hydrogens is 186 g/mol. The first-order chi connectivity index (χ1) is 7.33. The largest absolute Gasteiger partial charge is 0.362 e. The first-order valence-corrected chi connectivity index (χ1v) is 4.64. The lowest BCUT2D eigenvalue weighted by atomic mass is 10.2. The number of anilines is 1. The molecule has 1 aromatic heterocycles. The number of aromatic nitrogens is 1. The van der Waals surface area contributed by atoms with E-state index in [1.165, 1.54) is 0 Å². The standard InChI is InChI=1S/C12H13N3/c1-3-7-15(8-4-2)12-10-14-6-5-11(12)9-13/h3-6,10H,1-2,7-8H2. The van der Waals surface area contributed by atoms with E-state index in [0.717, 1.165) is 5.69 Å². The third-order valence-corrected chi connectivity index (χ3v) is 1.96. The van der Waals surface area contributed by atoms with Crippen LogP contribution in [0.5, 0.6) is 0 Å². The Morgan fingerprint density at radius 2 is 2.07 bits per heavy atom. The zero-order valence-electron chi connectivity index (χ0n) is 8.56. The Bertz CT molecular complexity index is 380. The summed E-state index contributed by atoms with van der Waals surface area (Å²) in [4.78, 5) is 6.01. The summed E-state index contributed by atoms with van der Waals surface area (Å²) < 4.78 is 0. The van der Waals surface area contributed by atoms with Gasteiger partial charge in [-0.25, -0.2) is 0 Å². The van der Waals surface area contributed by atoms with Crippen molar-refractivity contribution in [1.82, 2.24) is 4.98 Å².